The summed E-state index contributed by atoms with van der Waals surface area (Å²) in [5.74, 6) is 1.24. The number of aromatic nitrogens is 4. The van der Waals surface area contributed by atoms with Crippen LogP contribution in [0.5, 0.6) is 0 Å². The molecule has 29 heavy (non-hydrogen) atoms. The van der Waals surface area contributed by atoms with Crippen LogP contribution in [0.15, 0.2) is 28.7 Å². The summed E-state index contributed by atoms with van der Waals surface area (Å²) in [5, 5.41) is 7.47. The highest BCUT2D eigenvalue weighted by Gasteiger charge is 2.28. The van der Waals surface area contributed by atoms with Crippen molar-refractivity contribution < 1.29 is 9.21 Å². The lowest BCUT2D eigenvalue weighted by Crippen LogP contribution is -2.14. The summed E-state index contributed by atoms with van der Waals surface area (Å²) < 4.78 is 7.63. The Balaban J connectivity index is 1.29. The zero-order valence-electron chi connectivity index (χ0n) is 16.8. The Kier molecular flexibility index (Phi) is 4.12. The Labute approximate surface area is 168 Å². The fourth-order valence-corrected chi connectivity index (χ4v) is 3.79. The maximum atomic E-state index is 12.5. The number of hydrogen-bond donors (Lipinski definition) is 1. The first-order valence-electron chi connectivity index (χ1n) is 10.0. The van der Waals surface area contributed by atoms with Crippen molar-refractivity contribution in [3.8, 4) is 0 Å². The number of nitrogens with zero attached hydrogens (tertiary/aromatic N) is 4. The normalized spacial score (nSPS) is 14.0. The van der Waals surface area contributed by atoms with Crippen LogP contribution in [0.4, 0.5) is 5.69 Å². The van der Waals surface area contributed by atoms with E-state index in [4.69, 9.17) is 4.42 Å². The summed E-state index contributed by atoms with van der Waals surface area (Å²) in [5.41, 5.74) is 7.12. The molecule has 0 spiro atoms. The van der Waals surface area contributed by atoms with Gasteiger partial charge in [0.05, 0.1) is 5.69 Å². The van der Waals surface area contributed by atoms with E-state index in [2.05, 4.69) is 20.4 Å². The highest BCUT2D eigenvalue weighted by molar-refractivity contribution is 5.92. The Hall–Kier alpha value is -3.22. The van der Waals surface area contributed by atoms with Crippen molar-refractivity contribution in [2.24, 2.45) is 0 Å². The van der Waals surface area contributed by atoms with Gasteiger partial charge in [0, 0.05) is 35.5 Å². The minimum Gasteiger partial charge on any atom is -0.440 e. The second kappa shape index (κ2) is 6.69. The Morgan fingerprint density at radius 3 is 2.83 bits per heavy atom. The molecule has 5 rings (SSSR count). The van der Waals surface area contributed by atoms with Crippen LogP contribution in [0.2, 0.25) is 0 Å². The zero-order chi connectivity index (χ0) is 20.1. The van der Waals surface area contributed by atoms with Crippen molar-refractivity contribution in [2.75, 3.05) is 5.32 Å². The number of benzene rings is 1. The molecule has 0 aliphatic heterocycles. The number of nitrogens with one attached hydrogen (secondary N) is 1. The van der Waals surface area contributed by atoms with E-state index < -0.39 is 0 Å². The minimum absolute atomic E-state index is 0.0363. The van der Waals surface area contributed by atoms with Crippen LogP contribution in [-0.4, -0.2) is 25.5 Å². The lowest BCUT2D eigenvalue weighted by Gasteiger charge is -2.11. The van der Waals surface area contributed by atoms with Crippen LogP contribution in [0.1, 0.15) is 53.7 Å². The number of amides is 1. The molecule has 1 N–H and O–H groups in total. The van der Waals surface area contributed by atoms with Crippen LogP contribution < -0.4 is 5.32 Å². The smallest absolute Gasteiger partial charge is 0.224 e. The molecule has 0 bridgehead atoms. The number of carbonyl (C=O) groups is 1. The largest absolute Gasteiger partial charge is 0.440 e. The van der Waals surface area contributed by atoms with Gasteiger partial charge in [0.2, 0.25) is 5.91 Å². The van der Waals surface area contributed by atoms with Gasteiger partial charge in [-0.15, -0.1) is 0 Å². The SMILES string of the molecule is Cc1cc2nc(C)c(CCC(=O)Nc3ccc4oc(C5CC5)nc4c3)c(C)n2n1. The molecule has 1 amide bonds. The number of carbonyl (C=O) groups excluding carboxylic acids is 1. The summed E-state index contributed by atoms with van der Waals surface area (Å²) in [4.78, 5) is 21.7. The molecule has 0 radical (unpaired) electrons. The number of fused-ring (bicyclic) bond motifs is 2. The quantitative estimate of drug-likeness (QED) is 0.552. The first-order valence-corrected chi connectivity index (χ1v) is 10.0. The van der Waals surface area contributed by atoms with Crippen LogP contribution in [0.25, 0.3) is 16.7 Å². The average Bonchev–Trinajstić information content (AvgIpc) is 3.33. The van der Waals surface area contributed by atoms with Crippen LogP contribution in [0, 0.1) is 20.8 Å². The maximum Gasteiger partial charge on any atom is 0.224 e. The third-order valence-electron chi connectivity index (χ3n) is 5.50. The topological polar surface area (TPSA) is 85.3 Å². The van der Waals surface area contributed by atoms with Gasteiger partial charge < -0.3 is 9.73 Å². The summed E-state index contributed by atoms with van der Waals surface area (Å²) in [6, 6.07) is 7.57. The number of hydrogen-bond acceptors (Lipinski definition) is 5. The maximum absolute atomic E-state index is 12.5. The number of aryl methyl sites for hydroxylation is 3. The van der Waals surface area contributed by atoms with Gasteiger partial charge in [-0.2, -0.15) is 5.10 Å². The third-order valence-corrected chi connectivity index (χ3v) is 5.50. The first kappa shape index (κ1) is 17.8. The molecule has 1 aromatic carbocycles. The number of anilines is 1. The second-order valence-corrected chi connectivity index (χ2v) is 7.87. The lowest BCUT2D eigenvalue weighted by atomic mass is 10.1. The molecule has 7 nitrogen and oxygen atoms in total. The highest BCUT2D eigenvalue weighted by Crippen LogP contribution is 2.40. The van der Waals surface area contributed by atoms with Crippen molar-refractivity contribution in [2.45, 2.75) is 52.4 Å². The van der Waals surface area contributed by atoms with Gasteiger partial charge >= 0.3 is 0 Å². The van der Waals surface area contributed by atoms with Gasteiger partial charge in [0.1, 0.15) is 5.52 Å². The minimum atomic E-state index is -0.0363. The van der Waals surface area contributed by atoms with Crippen molar-refractivity contribution in [3.63, 3.8) is 0 Å². The van der Waals surface area contributed by atoms with E-state index in [1.165, 1.54) is 0 Å². The van der Waals surface area contributed by atoms with E-state index in [1.54, 1.807) is 0 Å². The fourth-order valence-electron chi connectivity index (χ4n) is 3.79. The molecule has 7 heteroatoms. The summed E-state index contributed by atoms with van der Waals surface area (Å²) in [6.45, 7) is 5.96. The Morgan fingerprint density at radius 2 is 2.03 bits per heavy atom. The van der Waals surface area contributed by atoms with Crippen molar-refractivity contribution in [1.82, 2.24) is 19.6 Å². The van der Waals surface area contributed by atoms with Crippen molar-refractivity contribution in [1.29, 1.82) is 0 Å². The van der Waals surface area contributed by atoms with Gasteiger partial charge in [0.25, 0.3) is 0 Å². The van der Waals surface area contributed by atoms with Gasteiger partial charge in [-0.05, 0) is 63.8 Å². The lowest BCUT2D eigenvalue weighted by molar-refractivity contribution is -0.116. The van der Waals surface area contributed by atoms with Crippen LogP contribution >= 0.6 is 0 Å². The molecule has 0 unspecified atom stereocenters. The molecule has 3 heterocycles. The van der Waals surface area contributed by atoms with Gasteiger partial charge in [0.15, 0.2) is 17.1 Å². The van der Waals surface area contributed by atoms with Crippen molar-refractivity contribution >= 4 is 28.3 Å². The molecule has 148 valence electrons. The van der Waals surface area contributed by atoms with Gasteiger partial charge in [-0.1, -0.05) is 0 Å². The van der Waals surface area contributed by atoms with Gasteiger partial charge in [-0.3, -0.25) is 4.79 Å². The van der Waals surface area contributed by atoms with E-state index in [9.17, 15) is 4.79 Å². The summed E-state index contributed by atoms with van der Waals surface area (Å²) in [7, 11) is 0. The average molecular weight is 389 g/mol. The Morgan fingerprint density at radius 1 is 1.21 bits per heavy atom. The number of rotatable bonds is 5. The molecule has 1 fully saturated rings. The monoisotopic (exact) mass is 389 g/mol. The molecule has 0 atom stereocenters. The molecule has 1 aliphatic rings. The van der Waals surface area contributed by atoms with Crippen LogP contribution in [0.3, 0.4) is 0 Å². The predicted octanol–water partition coefficient (Wildman–Crippen LogP) is 4.24. The second-order valence-electron chi connectivity index (χ2n) is 7.87. The molecule has 0 saturated heterocycles. The molecule has 4 aromatic rings. The summed E-state index contributed by atoms with van der Waals surface area (Å²) in [6.07, 6.45) is 3.28. The fraction of sp³-hybridized carbons (Fsp3) is 0.364. The molecular formula is C22H23N5O2. The molecule has 1 saturated carbocycles. The molecule has 3 aromatic heterocycles. The van der Waals surface area contributed by atoms with E-state index >= 15 is 0 Å². The molecule has 1 aliphatic carbocycles. The van der Waals surface area contributed by atoms with Crippen LogP contribution in [-0.2, 0) is 11.2 Å². The van der Waals surface area contributed by atoms with E-state index in [0.29, 0.717) is 18.8 Å². The Bertz CT molecular complexity index is 1250. The summed E-state index contributed by atoms with van der Waals surface area (Å²) >= 11 is 0. The van der Waals surface area contributed by atoms with E-state index in [0.717, 1.165) is 63.8 Å². The third kappa shape index (κ3) is 3.37. The van der Waals surface area contributed by atoms with E-state index in [-0.39, 0.29) is 5.91 Å². The highest BCUT2D eigenvalue weighted by atomic mass is 16.3. The molecular weight excluding hydrogens is 366 g/mol. The standard InChI is InChI=1S/C22H23N5O2/c1-12-10-20-23-13(2)17(14(3)27(20)26-12)7-9-21(28)24-16-6-8-19-18(11-16)25-22(29-19)15-4-5-15/h6,8,10-11,15H,4-5,7,9H2,1-3H3,(H,24,28). The van der Waals surface area contributed by atoms with Gasteiger partial charge in [-0.25, -0.2) is 14.5 Å². The number of oxazole rings is 1. The van der Waals surface area contributed by atoms with Crippen molar-refractivity contribution in [3.05, 3.63) is 52.8 Å². The first-order chi connectivity index (χ1) is 14.0. The predicted molar refractivity (Wildman–Crippen MR) is 110 cm³/mol. The zero-order valence-corrected chi connectivity index (χ0v) is 16.8. The van der Waals surface area contributed by atoms with E-state index in [1.807, 2.05) is 49.6 Å².